The quantitative estimate of drug-likeness (QED) is 0.845. The van der Waals surface area contributed by atoms with E-state index in [0.29, 0.717) is 5.92 Å². The molecular weight excluding hydrogens is 262 g/mol. The van der Waals surface area contributed by atoms with Gasteiger partial charge in [-0.1, -0.05) is 39.0 Å². The van der Waals surface area contributed by atoms with E-state index in [4.69, 9.17) is 0 Å². The van der Waals surface area contributed by atoms with Crippen molar-refractivity contribution in [1.82, 2.24) is 10.2 Å². The van der Waals surface area contributed by atoms with Crippen LogP contribution in [-0.4, -0.2) is 36.5 Å². The van der Waals surface area contributed by atoms with Crippen LogP contribution >= 0.6 is 0 Å². The van der Waals surface area contributed by atoms with Gasteiger partial charge < -0.3 is 10.6 Å². The fraction of sp³-hybridized carbons (Fsp3) is 0.588. The van der Waals surface area contributed by atoms with Gasteiger partial charge in [-0.15, -0.1) is 0 Å². The smallest absolute Gasteiger partial charge is 0.241 e. The molecule has 2 atom stereocenters. The van der Waals surface area contributed by atoms with Gasteiger partial charge in [-0.2, -0.15) is 0 Å². The molecule has 1 amide bonds. The summed E-state index contributed by atoms with van der Waals surface area (Å²) in [6.07, 6.45) is 1.07. The topological polar surface area (TPSA) is 44.4 Å². The molecule has 0 saturated carbocycles. The van der Waals surface area contributed by atoms with Crippen LogP contribution in [0.25, 0.3) is 0 Å². The Bertz CT molecular complexity index is 471. The number of nitrogens with zero attached hydrogens (tertiary/aromatic N) is 1. The summed E-state index contributed by atoms with van der Waals surface area (Å²) in [5.41, 5.74) is 2.12. The first-order valence-electron chi connectivity index (χ1n) is 8.00. The molecule has 0 radical (unpaired) electrons. The Balaban J connectivity index is 2.07. The predicted molar refractivity (Wildman–Crippen MR) is 87.3 cm³/mol. The Morgan fingerprint density at radius 1 is 1.33 bits per heavy atom. The first-order chi connectivity index (χ1) is 10.2. The number of carbonyl (C=O) groups is 1. The van der Waals surface area contributed by atoms with Crippen LogP contribution < -0.4 is 10.6 Å². The van der Waals surface area contributed by atoms with Gasteiger partial charge in [-0.05, 0) is 43.6 Å². The van der Waals surface area contributed by atoms with Crippen LogP contribution in [0, 0.1) is 5.92 Å². The largest absolute Gasteiger partial charge is 0.324 e. The Morgan fingerprint density at radius 2 is 2.05 bits per heavy atom. The van der Waals surface area contributed by atoms with E-state index >= 15 is 0 Å². The molecule has 1 aliphatic rings. The van der Waals surface area contributed by atoms with E-state index in [2.05, 4.69) is 42.4 Å². The van der Waals surface area contributed by atoms with Crippen LogP contribution in [0.1, 0.15) is 32.8 Å². The van der Waals surface area contributed by atoms with Crippen molar-refractivity contribution < 1.29 is 4.79 Å². The molecule has 2 rings (SSSR count). The number of hydrogen-bond acceptors (Lipinski definition) is 3. The highest BCUT2D eigenvalue weighted by Crippen LogP contribution is 2.20. The summed E-state index contributed by atoms with van der Waals surface area (Å²) in [5, 5.41) is 6.39. The molecule has 2 N–H and O–H groups in total. The second-order valence-electron chi connectivity index (χ2n) is 5.81. The van der Waals surface area contributed by atoms with Crippen LogP contribution in [0.4, 0.5) is 5.69 Å². The molecule has 1 fully saturated rings. The number of nitrogens with one attached hydrogen (secondary N) is 2. The van der Waals surface area contributed by atoms with Gasteiger partial charge >= 0.3 is 0 Å². The Morgan fingerprint density at radius 3 is 2.67 bits per heavy atom. The van der Waals surface area contributed by atoms with Gasteiger partial charge in [0.05, 0.1) is 6.04 Å². The Kier molecular flexibility index (Phi) is 5.76. The lowest BCUT2D eigenvalue weighted by Crippen LogP contribution is -2.39. The second kappa shape index (κ2) is 7.57. The zero-order valence-electron chi connectivity index (χ0n) is 13.4. The van der Waals surface area contributed by atoms with Crippen LogP contribution in [0.15, 0.2) is 24.3 Å². The number of para-hydroxylation sites is 1. The standard InChI is InChI=1S/C17H27N3O/c1-4-20(5-2)12-14-8-6-7-9-15(14)19-17(21)16-13(3)10-11-18-16/h6-9,13,16,18H,4-5,10-12H2,1-3H3,(H,19,21). The fourth-order valence-electron chi connectivity index (χ4n) is 2.86. The SMILES string of the molecule is CCN(CC)Cc1ccccc1NC(=O)C1NCCC1C. The Hall–Kier alpha value is -1.39. The molecule has 2 unspecified atom stereocenters. The highest BCUT2D eigenvalue weighted by Gasteiger charge is 2.29. The lowest BCUT2D eigenvalue weighted by Gasteiger charge is -2.21. The molecule has 4 heteroatoms. The number of carbonyl (C=O) groups excluding carboxylic acids is 1. The van der Waals surface area contributed by atoms with Crippen molar-refractivity contribution in [2.24, 2.45) is 5.92 Å². The highest BCUT2D eigenvalue weighted by molar-refractivity contribution is 5.95. The van der Waals surface area contributed by atoms with Crippen LogP contribution in [0.3, 0.4) is 0 Å². The number of rotatable bonds is 6. The molecule has 0 aromatic heterocycles. The zero-order chi connectivity index (χ0) is 15.2. The molecule has 0 bridgehead atoms. The van der Waals surface area contributed by atoms with E-state index in [1.807, 2.05) is 18.2 Å². The van der Waals surface area contributed by atoms with Gasteiger partial charge in [0, 0.05) is 12.2 Å². The molecule has 1 saturated heterocycles. The molecular formula is C17H27N3O. The minimum atomic E-state index is -0.0634. The summed E-state index contributed by atoms with van der Waals surface area (Å²) < 4.78 is 0. The van der Waals surface area contributed by atoms with Crippen molar-refractivity contribution >= 4 is 11.6 Å². The van der Waals surface area contributed by atoms with Crippen molar-refractivity contribution in [1.29, 1.82) is 0 Å². The third-order valence-electron chi connectivity index (χ3n) is 4.38. The maximum atomic E-state index is 12.4. The van der Waals surface area contributed by atoms with E-state index in [0.717, 1.165) is 38.3 Å². The first kappa shape index (κ1) is 16.0. The third kappa shape index (κ3) is 4.05. The Labute approximate surface area is 127 Å². The molecule has 4 nitrogen and oxygen atoms in total. The summed E-state index contributed by atoms with van der Waals surface area (Å²) in [5.74, 6) is 0.493. The van der Waals surface area contributed by atoms with Crippen molar-refractivity contribution in [3.63, 3.8) is 0 Å². The monoisotopic (exact) mass is 289 g/mol. The van der Waals surface area contributed by atoms with Gasteiger partial charge in [-0.3, -0.25) is 9.69 Å². The number of amides is 1. The number of hydrogen-bond donors (Lipinski definition) is 2. The van der Waals surface area contributed by atoms with Crippen molar-refractivity contribution in [2.75, 3.05) is 25.0 Å². The molecule has 21 heavy (non-hydrogen) atoms. The lowest BCUT2D eigenvalue weighted by molar-refractivity contribution is -0.118. The van der Waals surface area contributed by atoms with Gasteiger partial charge in [0.2, 0.25) is 5.91 Å². The fourth-order valence-corrected chi connectivity index (χ4v) is 2.86. The van der Waals surface area contributed by atoms with Gasteiger partial charge in [0.25, 0.3) is 0 Å². The summed E-state index contributed by atoms with van der Waals surface area (Å²) in [7, 11) is 0. The molecule has 1 aromatic carbocycles. The molecule has 116 valence electrons. The zero-order valence-corrected chi connectivity index (χ0v) is 13.4. The van der Waals surface area contributed by atoms with E-state index in [9.17, 15) is 4.79 Å². The van der Waals surface area contributed by atoms with Gasteiger partial charge in [0.15, 0.2) is 0 Å². The summed E-state index contributed by atoms with van der Waals surface area (Å²) in [4.78, 5) is 14.8. The van der Waals surface area contributed by atoms with Crippen LogP contribution in [0.5, 0.6) is 0 Å². The van der Waals surface area contributed by atoms with Gasteiger partial charge in [0.1, 0.15) is 0 Å². The molecule has 0 aliphatic carbocycles. The van der Waals surface area contributed by atoms with Crippen molar-refractivity contribution in [2.45, 2.75) is 39.8 Å². The molecule has 0 spiro atoms. The van der Waals surface area contributed by atoms with Gasteiger partial charge in [-0.25, -0.2) is 0 Å². The maximum absolute atomic E-state index is 12.4. The lowest BCUT2D eigenvalue weighted by atomic mass is 10.0. The van der Waals surface area contributed by atoms with Crippen LogP contribution in [0.2, 0.25) is 0 Å². The normalized spacial score (nSPS) is 21.7. The van der Waals surface area contributed by atoms with E-state index in [1.165, 1.54) is 5.56 Å². The minimum absolute atomic E-state index is 0.0634. The predicted octanol–water partition coefficient (Wildman–Crippen LogP) is 2.46. The molecule has 1 aromatic rings. The molecule has 1 heterocycles. The summed E-state index contributed by atoms with van der Waals surface area (Å²) >= 11 is 0. The number of benzene rings is 1. The third-order valence-corrected chi connectivity index (χ3v) is 4.38. The van der Waals surface area contributed by atoms with E-state index in [-0.39, 0.29) is 11.9 Å². The average molecular weight is 289 g/mol. The van der Waals surface area contributed by atoms with E-state index in [1.54, 1.807) is 0 Å². The maximum Gasteiger partial charge on any atom is 0.241 e. The van der Waals surface area contributed by atoms with Crippen LogP contribution in [-0.2, 0) is 11.3 Å². The number of anilines is 1. The highest BCUT2D eigenvalue weighted by atomic mass is 16.2. The van der Waals surface area contributed by atoms with E-state index < -0.39 is 0 Å². The second-order valence-corrected chi connectivity index (χ2v) is 5.81. The average Bonchev–Trinajstić information content (AvgIpc) is 2.92. The molecule has 1 aliphatic heterocycles. The summed E-state index contributed by atoms with van der Waals surface area (Å²) in [6.45, 7) is 10.3. The first-order valence-corrected chi connectivity index (χ1v) is 8.00. The van der Waals surface area contributed by atoms with Crippen molar-refractivity contribution in [3.05, 3.63) is 29.8 Å². The minimum Gasteiger partial charge on any atom is -0.324 e. The summed E-state index contributed by atoms with van der Waals surface area (Å²) in [6, 6.07) is 8.04. The van der Waals surface area contributed by atoms with Crippen molar-refractivity contribution in [3.8, 4) is 0 Å².